The van der Waals surface area contributed by atoms with E-state index in [1.165, 1.54) is 13.2 Å². The summed E-state index contributed by atoms with van der Waals surface area (Å²) in [7, 11) is 1.54. The molecule has 1 unspecified atom stereocenters. The Bertz CT molecular complexity index is 1070. The van der Waals surface area contributed by atoms with Gasteiger partial charge >= 0.3 is 6.03 Å². The van der Waals surface area contributed by atoms with Gasteiger partial charge in [-0.15, -0.1) is 0 Å². The van der Waals surface area contributed by atoms with Crippen LogP contribution in [0.2, 0.25) is 10.0 Å². The fourth-order valence-electron chi connectivity index (χ4n) is 2.76. The molecule has 2 aromatic carbocycles. The first-order valence-corrected chi connectivity index (χ1v) is 10.1. The Morgan fingerprint density at radius 3 is 2.29 bits per heavy atom. The van der Waals surface area contributed by atoms with Gasteiger partial charge in [0.15, 0.2) is 0 Å². The van der Waals surface area contributed by atoms with Crippen molar-refractivity contribution in [1.29, 1.82) is 0 Å². The van der Waals surface area contributed by atoms with Crippen LogP contribution in [0, 0.1) is 0 Å². The third kappa shape index (κ3) is 6.34. The van der Waals surface area contributed by atoms with Crippen molar-refractivity contribution in [2.45, 2.75) is 13.0 Å². The Morgan fingerprint density at radius 2 is 1.65 bits per heavy atom. The molecule has 1 aromatic heterocycles. The highest BCUT2D eigenvalue weighted by molar-refractivity contribution is 6.35. The summed E-state index contributed by atoms with van der Waals surface area (Å²) in [4.78, 5) is 28.0. The van der Waals surface area contributed by atoms with E-state index in [0.717, 1.165) is 5.56 Å². The molecule has 7 nitrogen and oxygen atoms in total. The molecule has 0 spiro atoms. The summed E-state index contributed by atoms with van der Waals surface area (Å²) in [6.07, 6.45) is 1.51. The van der Waals surface area contributed by atoms with E-state index in [0.29, 0.717) is 27.2 Å². The van der Waals surface area contributed by atoms with Gasteiger partial charge in [0.1, 0.15) is 17.2 Å². The van der Waals surface area contributed by atoms with E-state index in [2.05, 4.69) is 20.9 Å². The van der Waals surface area contributed by atoms with Crippen molar-refractivity contribution in [3.8, 4) is 11.5 Å². The van der Waals surface area contributed by atoms with Gasteiger partial charge in [0.25, 0.3) is 5.91 Å². The number of nitrogens with one attached hydrogen (secondary N) is 3. The first-order chi connectivity index (χ1) is 14.8. The normalized spacial score (nSPS) is 11.4. The first kappa shape index (κ1) is 22.4. The topological polar surface area (TPSA) is 92.4 Å². The van der Waals surface area contributed by atoms with Crippen LogP contribution in [-0.4, -0.2) is 24.0 Å². The number of urea groups is 1. The van der Waals surface area contributed by atoms with E-state index in [4.69, 9.17) is 27.9 Å². The molecule has 0 saturated heterocycles. The zero-order valence-corrected chi connectivity index (χ0v) is 18.3. The standard InChI is InChI=1S/C22H20Cl2N4O3/c1-13(27-22(30)28-17-10-15(23)9-16(24)11-17)14-3-5-18(6-4-14)31-19-7-8-26-20(12-19)21(29)25-2/h3-13H,1-2H3,(H,25,29)(H2,27,28,30). The van der Waals surface area contributed by atoms with E-state index < -0.39 is 0 Å². The number of nitrogens with zero attached hydrogens (tertiary/aromatic N) is 1. The molecular formula is C22H20Cl2N4O3. The summed E-state index contributed by atoms with van der Waals surface area (Å²) in [6, 6.07) is 14.6. The number of aromatic nitrogens is 1. The second-order valence-electron chi connectivity index (χ2n) is 6.61. The molecule has 9 heteroatoms. The number of ether oxygens (including phenoxy) is 1. The zero-order chi connectivity index (χ0) is 22.4. The minimum absolute atomic E-state index is 0.260. The van der Waals surface area contributed by atoms with Crippen LogP contribution < -0.4 is 20.7 Å². The van der Waals surface area contributed by atoms with Crippen LogP contribution in [0.5, 0.6) is 11.5 Å². The third-order valence-corrected chi connectivity index (χ3v) is 4.71. The van der Waals surface area contributed by atoms with Crippen LogP contribution in [0.15, 0.2) is 60.8 Å². The first-order valence-electron chi connectivity index (χ1n) is 9.33. The summed E-state index contributed by atoms with van der Waals surface area (Å²) in [6.45, 7) is 1.86. The molecule has 3 N–H and O–H groups in total. The molecule has 31 heavy (non-hydrogen) atoms. The molecule has 0 fully saturated rings. The van der Waals surface area contributed by atoms with Gasteiger partial charge in [-0.25, -0.2) is 4.79 Å². The highest BCUT2D eigenvalue weighted by Crippen LogP contribution is 2.25. The maximum atomic E-state index is 12.3. The Hall–Kier alpha value is -3.29. The van der Waals surface area contributed by atoms with Crippen LogP contribution in [-0.2, 0) is 0 Å². The van der Waals surface area contributed by atoms with Crippen LogP contribution in [0.4, 0.5) is 10.5 Å². The second-order valence-corrected chi connectivity index (χ2v) is 7.48. The average molecular weight is 459 g/mol. The smallest absolute Gasteiger partial charge is 0.319 e. The summed E-state index contributed by atoms with van der Waals surface area (Å²) >= 11 is 11.9. The average Bonchev–Trinajstić information content (AvgIpc) is 2.73. The van der Waals surface area contributed by atoms with Crippen LogP contribution >= 0.6 is 23.2 Å². The highest BCUT2D eigenvalue weighted by Gasteiger charge is 2.11. The summed E-state index contributed by atoms with van der Waals surface area (Å²) in [5, 5.41) is 8.94. The molecule has 3 rings (SSSR count). The van der Waals surface area contributed by atoms with E-state index >= 15 is 0 Å². The van der Waals surface area contributed by atoms with Crippen molar-refractivity contribution in [3.05, 3.63) is 82.1 Å². The van der Waals surface area contributed by atoms with Gasteiger partial charge in [0.2, 0.25) is 0 Å². The molecule has 0 aliphatic carbocycles. The minimum atomic E-state index is -0.385. The Kier molecular flexibility index (Phi) is 7.33. The second kappa shape index (κ2) is 10.1. The van der Waals surface area contributed by atoms with Crippen LogP contribution in [0.25, 0.3) is 0 Å². The number of carbonyl (C=O) groups is 2. The molecule has 0 saturated carbocycles. The molecule has 3 amide bonds. The number of hydrogen-bond acceptors (Lipinski definition) is 4. The molecule has 1 heterocycles. The lowest BCUT2D eigenvalue weighted by atomic mass is 10.1. The highest BCUT2D eigenvalue weighted by atomic mass is 35.5. The van der Waals surface area contributed by atoms with Gasteiger partial charge in [-0.3, -0.25) is 9.78 Å². The van der Waals surface area contributed by atoms with Gasteiger partial charge in [-0.05, 0) is 48.9 Å². The molecule has 160 valence electrons. The van der Waals surface area contributed by atoms with Crippen molar-refractivity contribution in [3.63, 3.8) is 0 Å². The summed E-state index contributed by atoms with van der Waals surface area (Å²) in [5.74, 6) is 0.786. The van der Waals surface area contributed by atoms with Crippen molar-refractivity contribution in [2.75, 3.05) is 12.4 Å². The van der Waals surface area contributed by atoms with Gasteiger partial charge < -0.3 is 20.7 Å². The van der Waals surface area contributed by atoms with E-state index in [9.17, 15) is 9.59 Å². The predicted octanol–water partition coefficient (Wildman–Crippen LogP) is 5.42. The van der Waals surface area contributed by atoms with Crippen molar-refractivity contribution < 1.29 is 14.3 Å². The SMILES string of the molecule is CNC(=O)c1cc(Oc2ccc(C(C)NC(=O)Nc3cc(Cl)cc(Cl)c3)cc2)ccn1. The number of rotatable bonds is 6. The van der Waals surface area contributed by atoms with Crippen LogP contribution in [0.3, 0.4) is 0 Å². The Balaban J connectivity index is 1.60. The molecule has 0 aliphatic heterocycles. The maximum Gasteiger partial charge on any atom is 0.319 e. The van der Waals surface area contributed by atoms with Crippen LogP contribution in [0.1, 0.15) is 29.0 Å². The maximum absolute atomic E-state index is 12.3. The summed E-state index contributed by atoms with van der Waals surface area (Å²) < 4.78 is 5.79. The fraction of sp³-hybridized carbons (Fsp3) is 0.136. The lowest BCUT2D eigenvalue weighted by Gasteiger charge is -2.16. The van der Waals surface area contributed by atoms with Gasteiger partial charge in [-0.2, -0.15) is 0 Å². The predicted molar refractivity (Wildman–Crippen MR) is 121 cm³/mol. The van der Waals surface area contributed by atoms with Gasteiger partial charge in [-0.1, -0.05) is 35.3 Å². The quantitative estimate of drug-likeness (QED) is 0.459. The molecule has 0 aliphatic rings. The number of hydrogen-bond donors (Lipinski definition) is 3. The van der Waals surface area contributed by atoms with Gasteiger partial charge in [0.05, 0.1) is 6.04 Å². The van der Waals surface area contributed by atoms with E-state index in [-0.39, 0.29) is 23.7 Å². The largest absolute Gasteiger partial charge is 0.457 e. The molecule has 1 atom stereocenters. The summed E-state index contributed by atoms with van der Waals surface area (Å²) in [5.41, 5.74) is 1.65. The number of benzene rings is 2. The number of halogens is 2. The monoisotopic (exact) mass is 458 g/mol. The lowest BCUT2D eigenvalue weighted by molar-refractivity contribution is 0.0958. The van der Waals surface area contributed by atoms with E-state index in [1.807, 2.05) is 19.1 Å². The molecule has 3 aromatic rings. The van der Waals surface area contributed by atoms with Crippen molar-refractivity contribution in [1.82, 2.24) is 15.6 Å². The van der Waals surface area contributed by atoms with Crippen molar-refractivity contribution >= 4 is 40.8 Å². The lowest BCUT2D eigenvalue weighted by Crippen LogP contribution is -2.31. The fourth-order valence-corrected chi connectivity index (χ4v) is 3.29. The third-order valence-electron chi connectivity index (χ3n) is 4.27. The Morgan fingerprint density at radius 1 is 0.968 bits per heavy atom. The molecule has 0 bridgehead atoms. The number of pyridine rings is 1. The minimum Gasteiger partial charge on any atom is -0.457 e. The zero-order valence-electron chi connectivity index (χ0n) is 16.8. The number of amides is 3. The van der Waals surface area contributed by atoms with Gasteiger partial charge in [0, 0.05) is 35.0 Å². The van der Waals surface area contributed by atoms with Crippen molar-refractivity contribution in [2.24, 2.45) is 0 Å². The molecular weight excluding hydrogens is 439 g/mol. The molecule has 0 radical (unpaired) electrons. The van der Waals surface area contributed by atoms with E-state index in [1.54, 1.807) is 42.5 Å². The number of carbonyl (C=O) groups excluding carboxylic acids is 2. The number of anilines is 1. The Labute approximate surface area is 189 Å².